The molecule has 2 amide bonds. The number of primary amides is 1. The number of hydrogen-bond donors (Lipinski definition) is 4. The van der Waals surface area contributed by atoms with E-state index in [0.717, 1.165) is 38.3 Å². The second-order valence-electron chi connectivity index (χ2n) is 7.27. The smallest absolute Gasteiger partial charge is 0.254 e. The van der Waals surface area contributed by atoms with E-state index in [1.165, 1.54) is 0 Å². The fourth-order valence-corrected chi connectivity index (χ4v) is 3.32. The molecule has 0 aromatic heterocycles. The van der Waals surface area contributed by atoms with Crippen molar-refractivity contribution in [1.29, 1.82) is 0 Å². The van der Waals surface area contributed by atoms with Gasteiger partial charge in [-0.25, -0.2) is 0 Å². The van der Waals surface area contributed by atoms with Crippen LogP contribution in [0.4, 0.5) is 11.4 Å². The summed E-state index contributed by atoms with van der Waals surface area (Å²) in [6.07, 6.45) is 0.975. The molecule has 8 nitrogen and oxygen atoms in total. The Morgan fingerprint density at radius 2 is 1.96 bits per heavy atom. The highest BCUT2D eigenvalue weighted by atomic mass is 16.3. The first-order valence-corrected chi connectivity index (χ1v) is 9.41. The lowest BCUT2D eigenvalue weighted by atomic mass is 10.0. The first-order valence-electron chi connectivity index (χ1n) is 9.41. The standard InChI is InChI=1S/C19H31N5O3/c1-13(2)17(18(21)26)22-19(27)15-12-14(4-5-16(15)20)24-7-3-6-23(8-9-24)10-11-25/h4-5,12-13,17,25H,3,6-11,20H2,1-2H3,(H2,21,26)(H,22,27). The maximum absolute atomic E-state index is 12.7. The lowest BCUT2D eigenvalue weighted by molar-refractivity contribution is -0.120. The third kappa shape index (κ3) is 5.58. The van der Waals surface area contributed by atoms with Crippen LogP contribution in [-0.4, -0.2) is 67.2 Å². The van der Waals surface area contributed by atoms with Gasteiger partial charge in [0.1, 0.15) is 6.04 Å². The van der Waals surface area contributed by atoms with Gasteiger partial charge in [-0.15, -0.1) is 0 Å². The molecular weight excluding hydrogens is 346 g/mol. The van der Waals surface area contributed by atoms with E-state index >= 15 is 0 Å². The third-order valence-corrected chi connectivity index (χ3v) is 4.91. The Bertz CT molecular complexity index is 665. The molecule has 6 N–H and O–H groups in total. The Balaban J connectivity index is 2.15. The van der Waals surface area contributed by atoms with Gasteiger partial charge in [0.15, 0.2) is 0 Å². The van der Waals surface area contributed by atoms with Gasteiger partial charge < -0.3 is 26.8 Å². The van der Waals surface area contributed by atoms with Crippen molar-refractivity contribution in [2.45, 2.75) is 26.3 Å². The minimum Gasteiger partial charge on any atom is -0.398 e. The van der Waals surface area contributed by atoms with Crippen molar-refractivity contribution in [3.05, 3.63) is 23.8 Å². The first kappa shape index (κ1) is 21.0. The summed E-state index contributed by atoms with van der Waals surface area (Å²) in [5, 5.41) is 11.8. The molecule has 1 unspecified atom stereocenters. The van der Waals surface area contributed by atoms with Crippen LogP contribution in [0.3, 0.4) is 0 Å². The molecule has 0 aliphatic carbocycles. The number of nitrogens with zero attached hydrogens (tertiary/aromatic N) is 2. The predicted molar refractivity (Wildman–Crippen MR) is 106 cm³/mol. The average Bonchev–Trinajstić information content (AvgIpc) is 2.85. The van der Waals surface area contributed by atoms with Gasteiger partial charge in [-0.1, -0.05) is 13.8 Å². The molecule has 0 bridgehead atoms. The van der Waals surface area contributed by atoms with Gasteiger partial charge in [-0.05, 0) is 37.1 Å². The summed E-state index contributed by atoms with van der Waals surface area (Å²) in [7, 11) is 0. The topological polar surface area (TPSA) is 125 Å². The highest BCUT2D eigenvalue weighted by Crippen LogP contribution is 2.23. The first-order chi connectivity index (χ1) is 12.8. The van der Waals surface area contributed by atoms with Crippen LogP contribution in [0, 0.1) is 5.92 Å². The van der Waals surface area contributed by atoms with Crippen LogP contribution in [0.1, 0.15) is 30.6 Å². The Labute approximate surface area is 160 Å². The van der Waals surface area contributed by atoms with Gasteiger partial charge >= 0.3 is 0 Å². The molecule has 0 spiro atoms. The number of carbonyl (C=O) groups is 2. The fourth-order valence-electron chi connectivity index (χ4n) is 3.32. The summed E-state index contributed by atoms with van der Waals surface area (Å²) in [4.78, 5) is 28.7. The number of aliphatic hydroxyl groups excluding tert-OH is 1. The van der Waals surface area contributed by atoms with Crippen molar-refractivity contribution >= 4 is 23.2 Å². The van der Waals surface area contributed by atoms with Gasteiger partial charge in [0.2, 0.25) is 5.91 Å². The molecule has 1 aliphatic heterocycles. The largest absolute Gasteiger partial charge is 0.398 e. The van der Waals surface area contributed by atoms with E-state index < -0.39 is 17.9 Å². The molecule has 1 aromatic carbocycles. The summed E-state index contributed by atoms with van der Waals surface area (Å²) >= 11 is 0. The average molecular weight is 377 g/mol. The number of nitrogens with one attached hydrogen (secondary N) is 1. The van der Waals surface area contributed by atoms with E-state index in [-0.39, 0.29) is 12.5 Å². The lowest BCUT2D eigenvalue weighted by Gasteiger charge is -2.25. The second kappa shape index (κ2) is 9.57. The van der Waals surface area contributed by atoms with Crippen LogP contribution in [-0.2, 0) is 4.79 Å². The van der Waals surface area contributed by atoms with E-state index in [4.69, 9.17) is 16.6 Å². The van der Waals surface area contributed by atoms with Crippen molar-refractivity contribution in [2.75, 3.05) is 50.0 Å². The highest BCUT2D eigenvalue weighted by molar-refractivity contribution is 6.02. The summed E-state index contributed by atoms with van der Waals surface area (Å²) in [5.74, 6) is -1.08. The molecule has 150 valence electrons. The summed E-state index contributed by atoms with van der Waals surface area (Å²) in [6.45, 7) is 7.94. The minimum absolute atomic E-state index is 0.112. The maximum atomic E-state index is 12.7. The molecule has 1 aliphatic rings. The number of nitrogen functional groups attached to an aromatic ring is 1. The van der Waals surface area contributed by atoms with E-state index in [0.29, 0.717) is 17.8 Å². The summed E-state index contributed by atoms with van der Waals surface area (Å²) in [5.41, 5.74) is 13.0. The van der Waals surface area contributed by atoms with Gasteiger partial charge in [0, 0.05) is 37.6 Å². The number of aliphatic hydroxyl groups is 1. The van der Waals surface area contributed by atoms with Crippen LogP contribution in [0.25, 0.3) is 0 Å². The molecule has 1 heterocycles. The third-order valence-electron chi connectivity index (χ3n) is 4.91. The van der Waals surface area contributed by atoms with Gasteiger partial charge in [0.25, 0.3) is 5.91 Å². The number of anilines is 2. The Morgan fingerprint density at radius 1 is 1.22 bits per heavy atom. The van der Waals surface area contributed by atoms with E-state index in [1.807, 2.05) is 19.9 Å². The van der Waals surface area contributed by atoms with Crippen molar-refractivity contribution < 1.29 is 14.7 Å². The molecule has 2 rings (SSSR count). The molecule has 1 aromatic rings. The van der Waals surface area contributed by atoms with Crippen molar-refractivity contribution in [1.82, 2.24) is 10.2 Å². The Kier molecular flexibility index (Phi) is 7.44. The van der Waals surface area contributed by atoms with E-state index in [2.05, 4.69) is 15.1 Å². The zero-order valence-corrected chi connectivity index (χ0v) is 16.1. The predicted octanol–water partition coefficient (Wildman–Crippen LogP) is 0.0129. The monoisotopic (exact) mass is 377 g/mol. The molecule has 27 heavy (non-hydrogen) atoms. The molecule has 0 radical (unpaired) electrons. The van der Waals surface area contributed by atoms with Crippen molar-refractivity contribution in [2.24, 2.45) is 11.7 Å². The van der Waals surface area contributed by atoms with Crippen LogP contribution in [0.5, 0.6) is 0 Å². The normalized spacial score (nSPS) is 16.8. The number of amides is 2. The molecule has 1 fully saturated rings. The fraction of sp³-hybridized carbons (Fsp3) is 0.579. The molecule has 1 atom stereocenters. The van der Waals surface area contributed by atoms with Gasteiger partial charge in [0.05, 0.1) is 12.2 Å². The number of hydrogen-bond acceptors (Lipinski definition) is 6. The zero-order chi connectivity index (χ0) is 20.0. The summed E-state index contributed by atoms with van der Waals surface area (Å²) in [6, 6.07) is 4.65. The molecule has 1 saturated heterocycles. The van der Waals surface area contributed by atoms with Crippen LogP contribution in [0.2, 0.25) is 0 Å². The number of benzene rings is 1. The van der Waals surface area contributed by atoms with Crippen LogP contribution >= 0.6 is 0 Å². The minimum atomic E-state index is -0.745. The molecule has 8 heteroatoms. The van der Waals surface area contributed by atoms with Gasteiger partial charge in [-0.2, -0.15) is 0 Å². The van der Waals surface area contributed by atoms with Crippen LogP contribution in [0.15, 0.2) is 18.2 Å². The SMILES string of the molecule is CC(C)C(NC(=O)c1cc(N2CCCN(CCO)CC2)ccc1N)C(N)=O. The van der Waals surface area contributed by atoms with Crippen LogP contribution < -0.4 is 21.7 Å². The quantitative estimate of drug-likeness (QED) is 0.496. The van der Waals surface area contributed by atoms with Gasteiger partial charge in [-0.3, -0.25) is 14.5 Å². The zero-order valence-electron chi connectivity index (χ0n) is 16.1. The lowest BCUT2D eigenvalue weighted by Crippen LogP contribution is -2.47. The number of carbonyl (C=O) groups excluding carboxylic acids is 2. The number of nitrogens with two attached hydrogens (primary N) is 2. The Hall–Kier alpha value is -2.32. The number of rotatable bonds is 7. The van der Waals surface area contributed by atoms with E-state index in [9.17, 15) is 9.59 Å². The van der Waals surface area contributed by atoms with Crippen molar-refractivity contribution in [3.63, 3.8) is 0 Å². The highest BCUT2D eigenvalue weighted by Gasteiger charge is 2.24. The number of β-amino-alcohol motifs (C(OH)–C–C–N with tert-alkyl or cyclic N) is 1. The Morgan fingerprint density at radius 3 is 2.59 bits per heavy atom. The molecule has 0 saturated carbocycles. The van der Waals surface area contributed by atoms with E-state index in [1.54, 1.807) is 12.1 Å². The summed E-state index contributed by atoms with van der Waals surface area (Å²) < 4.78 is 0. The molecular formula is C19H31N5O3. The van der Waals surface area contributed by atoms with Crippen molar-refractivity contribution in [3.8, 4) is 0 Å². The second-order valence-corrected chi connectivity index (χ2v) is 7.27. The maximum Gasteiger partial charge on any atom is 0.254 e.